The van der Waals surface area contributed by atoms with Crippen LogP contribution in [0.15, 0.2) is 40.8 Å². The molecule has 0 saturated heterocycles. The van der Waals surface area contributed by atoms with Crippen LogP contribution in [0.2, 0.25) is 0 Å². The Morgan fingerprint density at radius 3 is 2.32 bits per heavy atom. The summed E-state index contributed by atoms with van der Waals surface area (Å²) in [5.74, 6) is -2.75. The Morgan fingerprint density at radius 2 is 1.71 bits per heavy atom. The van der Waals surface area contributed by atoms with Crippen molar-refractivity contribution in [2.24, 2.45) is 7.05 Å². The lowest BCUT2D eigenvalue weighted by Gasteiger charge is -2.12. The molecule has 3 heterocycles. The molecule has 162 valence electrons. The molecule has 31 heavy (non-hydrogen) atoms. The Kier molecular flexibility index (Phi) is 4.49. The van der Waals surface area contributed by atoms with Gasteiger partial charge in [-0.15, -0.1) is 0 Å². The summed E-state index contributed by atoms with van der Waals surface area (Å²) in [5, 5.41) is 5.41. The van der Waals surface area contributed by atoms with Gasteiger partial charge in [0.2, 0.25) is 0 Å². The van der Waals surface area contributed by atoms with E-state index < -0.39 is 41.0 Å². The third kappa shape index (κ3) is 3.47. The van der Waals surface area contributed by atoms with Crippen molar-refractivity contribution >= 4 is 22.8 Å². The summed E-state index contributed by atoms with van der Waals surface area (Å²) in [6.07, 6.45) is -9.73. The molecule has 0 aliphatic carbocycles. The number of anilines is 1. The molecule has 0 radical (unpaired) electrons. The van der Waals surface area contributed by atoms with E-state index in [4.69, 9.17) is 4.42 Å². The molecule has 2 bridgehead atoms. The predicted molar refractivity (Wildman–Crippen MR) is 94.0 cm³/mol. The highest BCUT2D eigenvalue weighted by Crippen LogP contribution is 2.40. The fourth-order valence-corrected chi connectivity index (χ4v) is 3.20. The Labute approximate surface area is 168 Å². The summed E-state index contributed by atoms with van der Waals surface area (Å²) in [5.41, 5.74) is -3.93. The first kappa shape index (κ1) is 20.7. The van der Waals surface area contributed by atoms with Gasteiger partial charge in [0.15, 0.2) is 11.5 Å². The highest BCUT2D eigenvalue weighted by molar-refractivity contribution is 6.16. The fraction of sp³-hybridized carbons (Fsp3) is 0.158. The second-order valence-corrected chi connectivity index (χ2v) is 6.57. The van der Waals surface area contributed by atoms with Crippen molar-refractivity contribution in [1.29, 1.82) is 0 Å². The lowest BCUT2D eigenvalue weighted by molar-refractivity contribution is -0.141. The molecule has 0 fully saturated rings. The second-order valence-electron chi connectivity index (χ2n) is 6.57. The molecule has 1 N–H and O–H groups in total. The lowest BCUT2D eigenvalue weighted by Crippen LogP contribution is -2.16. The van der Waals surface area contributed by atoms with Gasteiger partial charge in [-0.3, -0.25) is 9.48 Å². The number of carbonyl (C=O) groups is 1. The highest BCUT2D eigenvalue weighted by Gasteiger charge is 2.37. The third-order valence-corrected chi connectivity index (χ3v) is 4.55. The average Bonchev–Trinajstić information content (AvgIpc) is 3.35. The first-order valence-corrected chi connectivity index (χ1v) is 8.51. The van der Waals surface area contributed by atoms with Crippen LogP contribution in [0.4, 0.5) is 36.4 Å². The monoisotopic (exact) mass is 445 g/mol. The van der Waals surface area contributed by atoms with Crippen molar-refractivity contribution in [2.45, 2.75) is 12.4 Å². The minimum Gasteiger partial charge on any atom is -0.456 e. The molecular formula is C19H10F7N3O2. The van der Waals surface area contributed by atoms with Crippen LogP contribution in [0.1, 0.15) is 21.6 Å². The summed E-state index contributed by atoms with van der Waals surface area (Å²) in [6.45, 7) is 0. The van der Waals surface area contributed by atoms with Gasteiger partial charge in [-0.1, -0.05) is 6.07 Å². The molecule has 0 spiro atoms. The van der Waals surface area contributed by atoms with E-state index in [1.165, 1.54) is 19.2 Å². The van der Waals surface area contributed by atoms with Crippen LogP contribution >= 0.6 is 0 Å². The van der Waals surface area contributed by atoms with Gasteiger partial charge in [-0.25, -0.2) is 4.39 Å². The molecule has 1 aromatic carbocycles. The molecule has 0 unspecified atom stereocenters. The maximum Gasteiger partial charge on any atom is 0.435 e. The number of hydrogen-bond donors (Lipinski definition) is 1. The van der Waals surface area contributed by atoms with Gasteiger partial charge < -0.3 is 9.73 Å². The molecule has 5 nitrogen and oxygen atoms in total. The maximum absolute atomic E-state index is 14.3. The maximum atomic E-state index is 14.3. The van der Waals surface area contributed by atoms with Crippen LogP contribution in [0.3, 0.4) is 0 Å². The number of aromatic nitrogens is 2. The smallest absolute Gasteiger partial charge is 0.435 e. The van der Waals surface area contributed by atoms with Crippen molar-refractivity contribution < 1.29 is 39.9 Å². The standard InChI is InChI=1S/C19H10F7N3O2/c1-29-10(7-13(28-29)19(24,25)26)14-11-5-6-12(31-11)15(14)17(30)27-9-4-2-3-8(16(9)20)18(21,22)23/h2-7H,1H3,(H,27,30). The Balaban J connectivity index is 1.77. The molecule has 3 aromatic heterocycles. The van der Waals surface area contributed by atoms with Gasteiger partial charge in [0, 0.05) is 7.05 Å². The van der Waals surface area contributed by atoms with Crippen molar-refractivity contribution in [3.8, 4) is 11.3 Å². The minimum absolute atomic E-state index is 0.0374. The number of amides is 1. The van der Waals surface area contributed by atoms with Gasteiger partial charge in [0.1, 0.15) is 11.2 Å². The lowest BCUT2D eigenvalue weighted by atomic mass is 10.0. The van der Waals surface area contributed by atoms with E-state index in [-0.39, 0.29) is 28.0 Å². The van der Waals surface area contributed by atoms with Crippen LogP contribution in [0, 0.1) is 5.82 Å². The van der Waals surface area contributed by atoms with E-state index in [2.05, 4.69) is 5.10 Å². The number of alkyl halides is 6. The zero-order chi connectivity index (χ0) is 22.7. The number of hydrogen-bond acceptors (Lipinski definition) is 3. The largest absolute Gasteiger partial charge is 0.456 e. The summed E-state index contributed by atoms with van der Waals surface area (Å²) < 4.78 is 98.3. The van der Waals surface area contributed by atoms with Crippen LogP contribution in [0.5, 0.6) is 0 Å². The number of nitrogens with one attached hydrogen (secondary N) is 1. The third-order valence-electron chi connectivity index (χ3n) is 4.55. The molecule has 0 aliphatic heterocycles. The normalized spacial score (nSPS) is 12.6. The fourth-order valence-electron chi connectivity index (χ4n) is 3.20. The summed E-state index contributed by atoms with van der Waals surface area (Å²) in [4.78, 5) is 12.8. The van der Waals surface area contributed by atoms with Crippen LogP contribution in [0.25, 0.3) is 22.4 Å². The Morgan fingerprint density at radius 1 is 1.03 bits per heavy atom. The summed E-state index contributed by atoms with van der Waals surface area (Å²) in [7, 11) is 1.22. The number of benzene rings is 2. The summed E-state index contributed by atoms with van der Waals surface area (Å²) >= 11 is 0. The molecule has 0 atom stereocenters. The minimum atomic E-state index is -4.99. The number of furan rings is 2. The molecule has 12 heteroatoms. The number of rotatable bonds is 3. The molecule has 1 amide bonds. The van der Waals surface area contributed by atoms with E-state index in [0.717, 1.165) is 16.8 Å². The molecule has 0 aliphatic rings. The molecule has 0 saturated carbocycles. The number of fused-ring (bicyclic) bond motifs is 2. The Bertz CT molecular complexity index is 1280. The predicted octanol–water partition coefficient (Wildman–Crippen LogP) is 5.70. The second kappa shape index (κ2) is 6.72. The van der Waals surface area contributed by atoms with Gasteiger partial charge >= 0.3 is 12.4 Å². The van der Waals surface area contributed by atoms with Crippen molar-refractivity contribution in [2.75, 3.05) is 5.32 Å². The molecule has 4 aromatic rings. The van der Waals surface area contributed by atoms with Crippen molar-refractivity contribution in [3.05, 3.63) is 59.0 Å². The number of carbonyl (C=O) groups excluding carboxylic acids is 1. The number of halogens is 7. The first-order valence-electron chi connectivity index (χ1n) is 8.51. The Hall–Kier alpha value is -3.57. The van der Waals surface area contributed by atoms with E-state index in [9.17, 15) is 35.5 Å². The number of aryl methyl sites for hydroxylation is 1. The summed E-state index contributed by atoms with van der Waals surface area (Å²) in [6, 6.07) is 5.82. The SMILES string of the molecule is Cn1nc(C(F)(F)F)cc1-c1c(C(=O)Nc2cccc(C(F)(F)F)c2F)c2ccc1o2. The quantitative estimate of drug-likeness (QED) is 0.412. The van der Waals surface area contributed by atoms with Crippen molar-refractivity contribution in [3.63, 3.8) is 0 Å². The first-order chi connectivity index (χ1) is 14.4. The van der Waals surface area contributed by atoms with E-state index in [0.29, 0.717) is 12.1 Å². The van der Waals surface area contributed by atoms with Gasteiger partial charge in [-0.05, 0) is 30.3 Å². The van der Waals surface area contributed by atoms with Gasteiger partial charge in [0.05, 0.1) is 28.1 Å². The zero-order valence-corrected chi connectivity index (χ0v) is 15.3. The van der Waals surface area contributed by atoms with Crippen molar-refractivity contribution in [1.82, 2.24) is 9.78 Å². The van der Waals surface area contributed by atoms with Gasteiger partial charge in [0.25, 0.3) is 5.91 Å². The van der Waals surface area contributed by atoms with Crippen LogP contribution < -0.4 is 5.32 Å². The topological polar surface area (TPSA) is 60.1 Å². The van der Waals surface area contributed by atoms with Gasteiger partial charge in [-0.2, -0.15) is 31.4 Å². The average molecular weight is 445 g/mol. The van der Waals surface area contributed by atoms with E-state index in [1.807, 2.05) is 5.32 Å². The molecular weight excluding hydrogens is 435 g/mol. The van der Waals surface area contributed by atoms with E-state index in [1.54, 1.807) is 0 Å². The number of nitrogens with zero attached hydrogens (tertiary/aromatic N) is 2. The zero-order valence-electron chi connectivity index (χ0n) is 15.3. The van der Waals surface area contributed by atoms with E-state index >= 15 is 0 Å². The van der Waals surface area contributed by atoms with Crippen LogP contribution in [-0.4, -0.2) is 15.7 Å². The molecule has 4 rings (SSSR count). The highest BCUT2D eigenvalue weighted by atomic mass is 19.4. The van der Waals surface area contributed by atoms with Crippen LogP contribution in [-0.2, 0) is 19.4 Å².